The maximum absolute atomic E-state index is 11.9. The Morgan fingerprint density at radius 3 is 2.86 bits per heavy atom. The van der Waals surface area contributed by atoms with E-state index < -0.39 is 6.10 Å². The summed E-state index contributed by atoms with van der Waals surface area (Å²) in [5.74, 6) is 1.34. The van der Waals surface area contributed by atoms with Crippen LogP contribution in [0, 0.1) is 23.7 Å². The van der Waals surface area contributed by atoms with Crippen LogP contribution in [0.25, 0.3) is 0 Å². The van der Waals surface area contributed by atoms with Crippen LogP contribution in [0.2, 0.25) is 0 Å². The number of aliphatic hydroxyl groups excluding tert-OH is 1. The molecule has 0 unspecified atom stereocenters. The summed E-state index contributed by atoms with van der Waals surface area (Å²) < 4.78 is 0. The molecule has 2 nitrogen and oxygen atoms in total. The number of allylic oxidation sites excluding steroid dienone is 3. The molecular weight excluding hydrogens is 176 g/mol. The first-order valence-electron chi connectivity index (χ1n) is 5.27. The minimum atomic E-state index is -0.405. The Hall–Kier alpha value is -0.890. The van der Waals surface area contributed by atoms with E-state index in [9.17, 15) is 9.90 Å². The summed E-state index contributed by atoms with van der Waals surface area (Å²) in [6, 6.07) is 0. The third-order valence-corrected chi connectivity index (χ3v) is 4.03. The Labute approximate surface area is 83.3 Å². The number of rotatable bonds is 0. The van der Waals surface area contributed by atoms with Crippen molar-refractivity contribution in [3.63, 3.8) is 0 Å². The largest absolute Gasteiger partial charge is 0.389 e. The molecule has 0 amide bonds. The van der Waals surface area contributed by atoms with Gasteiger partial charge in [0.15, 0.2) is 5.78 Å². The lowest BCUT2D eigenvalue weighted by molar-refractivity contribution is -0.123. The molecule has 0 heterocycles. The maximum atomic E-state index is 11.9. The number of aliphatic hydroxyl groups is 1. The first-order chi connectivity index (χ1) is 6.68. The van der Waals surface area contributed by atoms with Crippen LogP contribution in [0.4, 0.5) is 0 Å². The van der Waals surface area contributed by atoms with Crippen LogP contribution >= 0.6 is 0 Å². The van der Waals surface area contributed by atoms with Gasteiger partial charge in [0.1, 0.15) is 0 Å². The van der Waals surface area contributed by atoms with Gasteiger partial charge >= 0.3 is 0 Å². The second kappa shape index (κ2) is 2.57. The third-order valence-electron chi connectivity index (χ3n) is 4.03. The standard InChI is InChI=1S/C12H14O2/c1-6-4-9(13)10-7-2-3-8(5-7)11(10)12(6)14/h2-4,7-11,13H,5H2,1H3/t7-,8+,9+,10+,11+/m0/s1. The van der Waals surface area contributed by atoms with Gasteiger partial charge in [0.05, 0.1) is 6.10 Å². The minimum absolute atomic E-state index is 0.0741. The Balaban J connectivity index is 2.06. The van der Waals surface area contributed by atoms with E-state index in [0.717, 1.165) is 12.0 Å². The molecule has 0 radical (unpaired) electrons. The molecule has 2 bridgehead atoms. The number of carbonyl (C=O) groups is 1. The lowest BCUT2D eigenvalue weighted by Crippen LogP contribution is -2.39. The van der Waals surface area contributed by atoms with Crippen LogP contribution in [0.1, 0.15) is 13.3 Å². The highest BCUT2D eigenvalue weighted by molar-refractivity contribution is 5.98. The normalized spacial score (nSPS) is 49.4. The molecule has 1 N–H and O–H groups in total. The van der Waals surface area contributed by atoms with Crippen molar-refractivity contribution < 1.29 is 9.90 Å². The van der Waals surface area contributed by atoms with Gasteiger partial charge in [0.2, 0.25) is 0 Å². The quantitative estimate of drug-likeness (QED) is 0.585. The van der Waals surface area contributed by atoms with E-state index in [1.807, 2.05) is 6.92 Å². The molecule has 0 spiro atoms. The molecule has 0 aromatic heterocycles. The highest BCUT2D eigenvalue weighted by Crippen LogP contribution is 2.52. The number of hydrogen-bond donors (Lipinski definition) is 1. The Morgan fingerprint density at radius 1 is 1.36 bits per heavy atom. The van der Waals surface area contributed by atoms with Crippen molar-refractivity contribution in [1.82, 2.24) is 0 Å². The fourth-order valence-electron chi connectivity index (χ4n) is 3.41. The minimum Gasteiger partial charge on any atom is -0.389 e. The smallest absolute Gasteiger partial charge is 0.162 e. The molecule has 1 fully saturated rings. The molecule has 14 heavy (non-hydrogen) atoms. The van der Waals surface area contributed by atoms with E-state index in [-0.39, 0.29) is 17.6 Å². The number of fused-ring (bicyclic) bond motifs is 5. The van der Waals surface area contributed by atoms with Gasteiger partial charge < -0.3 is 5.11 Å². The van der Waals surface area contributed by atoms with Crippen LogP contribution in [-0.2, 0) is 4.79 Å². The summed E-state index contributed by atoms with van der Waals surface area (Å²) in [5, 5.41) is 9.93. The van der Waals surface area contributed by atoms with Crippen molar-refractivity contribution >= 4 is 5.78 Å². The van der Waals surface area contributed by atoms with Crippen LogP contribution in [0.5, 0.6) is 0 Å². The summed E-state index contributed by atoms with van der Waals surface area (Å²) >= 11 is 0. The van der Waals surface area contributed by atoms with Crippen LogP contribution in [0.3, 0.4) is 0 Å². The second-order valence-corrected chi connectivity index (χ2v) is 4.76. The zero-order valence-corrected chi connectivity index (χ0v) is 8.18. The van der Waals surface area contributed by atoms with Gasteiger partial charge in [0.25, 0.3) is 0 Å². The SMILES string of the molecule is CC1=C[C@@H](O)[C@@H]2[C@H](C1=O)[C@@H]1C=C[C@H]2C1. The van der Waals surface area contributed by atoms with E-state index >= 15 is 0 Å². The molecule has 74 valence electrons. The molecular formula is C12H14O2. The zero-order chi connectivity index (χ0) is 9.87. The first-order valence-corrected chi connectivity index (χ1v) is 5.27. The fourth-order valence-corrected chi connectivity index (χ4v) is 3.41. The summed E-state index contributed by atoms with van der Waals surface area (Å²) in [6.07, 6.45) is 6.74. The first kappa shape index (κ1) is 8.42. The number of hydrogen-bond acceptors (Lipinski definition) is 2. The molecule has 0 saturated heterocycles. The maximum Gasteiger partial charge on any atom is 0.162 e. The van der Waals surface area contributed by atoms with Gasteiger partial charge in [-0.3, -0.25) is 4.79 Å². The van der Waals surface area contributed by atoms with Crippen LogP contribution in [0.15, 0.2) is 23.8 Å². The fraction of sp³-hybridized carbons (Fsp3) is 0.583. The van der Waals surface area contributed by atoms with E-state index in [2.05, 4.69) is 12.2 Å². The molecule has 3 aliphatic carbocycles. The number of Topliss-reactive ketones (excluding diaryl/α,β-unsaturated/α-hetero) is 1. The van der Waals surface area contributed by atoms with Crippen molar-refractivity contribution in [1.29, 1.82) is 0 Å². The number of carbonyl (C=O) groups excluding carboxylic acids is 1. The predicted octanol–water partition coefficient (Wildman–Crippen LogP) is 1.31. The predicted molar refractivity (Wildman–Crippen MR) is 52.5 cm³/mol. The summed E-state index contributed by atoms with van der Waals surface area (Å²) in [6.45, 7) is 1.82. The molecule has 0 aliphatic heterocycles. The monoisotopic (exact) mass is 190 g/mol. The van der Waals surface area contributed by atoms with Crippen molar-refractivity contribution in [2.75, 3.05) is 0 Å². The van der Waals surface area contributed by atoms with E-state index in [1.165, 1.54) is 0 Å². The second-order valence-electron chi connectivity index (χ2n) is 4.76. The van der Waals surface area contributed by atoms with Crippen molar-refractivity contribution in [2.45, 2.75) is 19.4 Å². The molecule has 3 aliphatic rings. The Kier molecular flexibility index (Phi) is 1.55. The van der Waals surface area contributed by atoms with Crippen LogP contribution in [-0.4, -0.2) is 17.0 Å². The number of ketones is 1. The summed E-state index contributed by atoms with van der Waals surface area (Å²) in [7, 11) is 0. The molecule has 3 rings (SSSR count). The van der Waals surface area contributed by atoms with Gasteiger partial charge in [-0.15, -0.1) is 0 Å². The zero-order valence-electron chi connectivity index (χ0n) is 8.18. The van der Waals surface area contributed by atoms with Gasteiger partial charge in [-0.2, -0.15) is 0 Å². The van der Waals surface area contributed by atoms with Crippen molar-refractivity contribution in [3.05, 3.63) is 23.8 Å². The highest BCUT2D eigenvalue weighted by atomic mass is 16.3. The van der Waals surface area contributed by atoms with Gasteiger partial charge in [0, 0.05) is 11.8 Å². The average Bonchev–Trinajstić information content (AvgIpc) is 2.73. The molecule has 0 aromatic carbocycles. The molecule has 1 saturated carbocycles. The highest BCUT2D eigenvalue weighted by Gasteiger charge is 2.52. The molecule has 0 aromatic rings. The molecule has 2 heteroatoms. The Bertz CT molecular complexity index is 353. The topological polar surface area (TPSA) is 37.3 Å². The van der Waals surface area contributed by atoms with Gasteiger partial charge in [-0.05, 0) is 36.8 Å². The van der Waals surface area contributed by atoms with Crippen molar-refractivity contribution in [3.8, 4) is 0 Å². The molecule has 5 atom stereocenters. The van der Waals surface area contributed by atoms with Crippen molar-refractivity contribution in [2.24, 2.45) is 23.7 Å². The summed E-state index contributed by atoms with van der Waals surface area (Å²) in [5.41, 5.74) is 0.750. The average molecular weight is 190 g/mol. The third kappa shape index (κ3) is 0.871. The van der Waals surface area contributed by atoms with Gasteiger partial charge in [-0.1, -0.05) is 12.2 Å². The van der Waals surface area contributed by atoms with Crippen LogP contribution < -0.4 is 0 Å². The van der Waals surface area contributed by atoms with Gasteiger partial charge in [-0.25, -0.2) is 0 Å². The lowest BCUT2D eigenvalue weighted by atomic mass is 9.72. The van der Waals surface area contributed by atoms with E-state index in [4.69, 9.17) is 0 Å². The summed E-state index contributed by atoms with van der Waals surface area (Å²) in [4.78, 5) is 11.9. The lowest BCUT2D eigenvalue weighted by Gasteiger charge is -2.33. The van der Waals surface area contributed by atoms with E-state index in [0.29, 0.717) is 11.8 Å². The van der Waals surface area contributed by atoms with E-state index in [1.54, 1.807) is 6.08 Å². The Morgan fingerprint density at radius 2 is 2.07 bits per heavy atom.